The zero-order chi connectivity index (χ0) is 10.6. The zero-order valence-electron chi connectivity index (χ0n) is 9.01. The third-order valence-electron chi connectivity index (χ3n) is 2.43. The van der Waals surface area contributed by atoms with E-state index in [0.717, 1.165) is 18.8 Å². The van der Waals surface area contributed by atoms with Gasteiger partial charge in [-0.05, 0) is 53.5 Å². The number of halogens is 1. The van der Waals surface area contributed by atoms with Crippen LogP contribution in [-0.4, -0.2) is 6.61 Å². The molecule has 0 saturated heterocycles. The largest absolute Gasteiger partial charge is 0.492 e. The molecule has 1 atom stereocenters. The van der Waals surface area contributed by atoms with Crippen molar-refractivity contribution in [3.05, 3.63) is 27.3 Å². The molecule has 0 N–H and O–H groups in total. The molecule has 1 nitrogen and oxygen atoms in total. The monoisotopic (exact) mass is 304 g/mol. The molecule has 0 amide bonds. The van der Waals surface area contributed by atoms with E-state index in [0.29, 0.717) is 5.92 Å². The van der Waals surface area contributed by atoms with E-state index < -0.39 is 0 Å². The van der Waals surface area contributed by atoms with Gasteiger partial charge in [-0.1, -0.05) is 26.0 Å². The van der Waals surface area contributed by atoms with Crippen molar-refractivity contribution >= 4 is 22.6 Å². The van der Waals surface area contributed by atoms with Gasteiger partial charge in [-0.15, -0.1) is 0 Å². The SMILES string of the molecule is CCOc1c(I)cccc1C(C)CC. The quantitative estimate of drug-likeness (QED) is 0.757. The summed E-state index contributed by atoms with van der Waals surface area (Å²) in [4.78, 5) is 0. The molecule has 2 heteroatoms. The summed E-state index contributed by atoms with van der Waals surface area (Å²) < 4.78 is 6.89. The average Bonchev–Trinajstić information content (AvgIpc) is 2.20. The van der Waals surface area contributed by atoms with Crippen LogP contribution >= 0.6 is 22.6 Å². The minimum absolute atomic E-state index is 0.575. The van der Waals surface area contributed by atoms with E-state index in [1.807, 2.05) is 6.92 Å². The van der Waals surface area contributed by atoms with Crippen LogP contribution in [0.2, 0.25) is 0 Å². The highest BCUT2D eigenvalue weighted by Crippen LogP contribution is 2.32. The highest BCUT2D eigenvalue weighted by molar-refractivity contribution is 14.1. The molecule has 78 valence electrons. The Bertz CT molecular complexity index is 296. The Kier molecular flexibility index (Phi) is 4.72. The Labute approximate surface area is 100.0 Å². The number of benzene rings is 1. The number of hydrogen-bond acceptors (Lipinski definition) is 1. The van der Waals surface area contributed by atoms with E-state index in [-0.39, 0.29) is 0 Å². The molecule has 0 fully saturated rings. The first-order chi connectivity index (χ1) is 6.70. The van der Waals surface area contributed by atoms with Crippen LogP contribution in [0.5, 0.6) is 5.75 Å². The highest BCUT2D eigenvalue weighted by Gasteiger charge is 2.12. The van der Waals surface area contributed by atoms with Gasteiger partial charge in [-0.2, -0.15) is 0 Å². The minimum atomic E-state index is 0.575. The van der Waals surface area contributed by atoms with Crippen molar-refractivity contribution in [1.29, 1.82) is 0 Å². The molecule has 1 rings (SSSR count). The number of hydrogen-bond donors (Lipinski definition) is 0. The van der Waals surface area contributed by atoms with E-state index in [1.54, 1.807) is 0 Å². The lowest BCUT2D eigenvalue weighted by Crippen LogP contribution is -2.01. The summed E-state index contributed by atoms with van der Waals surface area (Å²) in [5.74, 6) is 1.65. The van der Waals surface area contributed by atoms with Crippen LogP contribution in [0, 0.1) is 3.57 Å². The summed E-state index contributed by atoms with van der Waals surface area (Å²) in [6.07, 6.45) is 1.15. The van der Waals surface area contributed by atoms with Crippen LogP contribution in [0.15, 0.2) is 18.2 Å². The van der Waals surface area contributed by atoms with Gasteiger partial charge in [0.15, 0.2) is 0 Å². The van der Waals surface area contributed by atoms with Gasteiger partial charge in [0.25, 0.3) is 0 Å². The Morgan fingerprint density at radius 1 is 1.36 bits per heavy atom. The molecule has 14 heavy (non-hydrogen) atoms. The second-order valence-corrected chi connectivity index (χ2v) is 4.56. The number of ether oxygens (including phenoxy) is 1. The van der Waals surface area contributed by atoms with Gasteiger partial charge in [0.05, 0.1) is 10.2 Å². The maximum Gasteiger partial charge on any atom is 0.136 e. The fraction of sp³-hybridized carbons (Fsp3) is 0.500. The Balaban J connectivity index is 3.07. The summed E-state index contributed by atoms with van der Waals surface area (Å²) in [6.45, 7) is 7.22. The van der Waals surface area contributed by atoms with Crippen molar-refractivity contribution in [3.63, 3.8) is 0 Å². The van der Waals surface area contributed by atoms with Crippen molar-refractivity contribution < 1.29 is 4.74 Å². The number of para-hydroxylation sites is 1. The molecule has 0 spiro atoms. The third kappa shape index (κ3) is 2.62. The smallest absolute Gasteiger partial charge is 0.136 e. The Morgan fingerprint density at radius 2 is 2.07 bits per heavy atom. The van der Waals surface area contributed by atoms with Gasteiger partial charge < -0.3 is 4.74 Å². The standard InChI is InChI=1S/C12H17IO/c1-4-9(3)10-7-6-8-11(13)12(10)14-5-2/h6-9H,4-5H2,1-3H3. The van der Waals surface area contributed by atoms with Gasteiger partial charge in [0, 0.05) is 0 Å². The van der Waals surface area contributed by atoms with E-state index in [1.165, 1.54) is 9.13 Å². The molecule has 0 radical (unpaired) electrons. The zero-order valence-corrected chi connectivity index (χ0v) is 11.2. The van der Waals surface area contributed by atoms with E-state index >= 15 is 0 Å². The van der Waals surface area contributed by atoms with Crippen LogP contribution in [0.4, 0.5) is 0 Å². The van der Waals surface area contributed by atoms with E-state index in [4.69, 9.17) is 4.74 Å². The summed E-state index contributed by atoms with van der Waals surface area (Å²) in [5.41, 5.74) is 1.33. The maximum absolute atomic E-state index is 5.68. The lowest BCUT2D eigenvalue weighted by Gasteiger charge is -2.16. The molecule has 0 aliphatic rings. The van der Waals surface area contributed by atoms with Crippen molar-refractivity contribution in [2.45, 2.75) is 33.1 Å². The minimum Gasteiger partial charge on any atom is -0.492 e. The molecule has 0 bridgehead atoms. The summed E-state index contributed by atoms with van der Waals surface area (Å²) in [7, 11) is 0. The topological polar surface area (TPSA) is 9.23 Å². The van der Waals surface area contributed by atoms with Gasteiger partial charge in [-0.25, -0.2) is 0 Å². The highest BCUT2D eigenvalue weighted by atomic mass is 127. The van der Waals surface area contributed by atoms with Crippen molar-refractivity contribution in [3.8, 4) is 5.75 Å². The van der Waals surface area contributed by atoms with Crippen LogP contribution < -0.4 is 4.74 Å². The Morgan fingerprint density at radius 3 is 2.64 bits per heavy atom. The second-order valence-electron chi connectivity index (χ2n) is 3.40. The van der Waals surface area contributed by atoms with Gasteiger partial charge in [0.1, 0.15) is 5.75 Å². The van der Waals surface area contributed by atoms with Crippen LogP contribution in [-0.2, 0) is 0 Å². The number of rotatable bonds is 4. The van der Waals surface area contributed by atoms with Crippen molar-refractivity contribution in [2.75, 3.05) is 6.61 Å². The molecule has 0 aliphatic carbocycles. The van der Waals surface area contributed by atoms with Crippen molar-refractivity contribution in [2.24, 2.45) is 0 Å². The van der Waals surface area contributed by atoms with E-state index in [9.17, 15) is 0 Å². The van der Waals surface area contributed by atoms with Crippen LogP contribution in [0.3, 0.4) is 0 Å². The predicted molar refractivity (Wildman–Crippen MR) is 69.0 cm³/mol. The lowest BCUT2D eigenvalue weighted by atomic mass is 9.98. The predicted octanol–water partition coefficient (Wildman–Crippen LogP) is 4.20. The van der Waals surface area contributed by atoms with Crippen LogP contribution in [0.1, 0.15) is 38.7 Å². The molecule has 0 saturated carbocycles. The second kappa shape index (κ2) is 5.59. The summed E-state index contributed by atoms with van der Waals surface area (Å²) in [5, 5.41) is 0. The molecular weight excluding hydrogens is 287 g/mol. The molecule has 1 aromatic rings. The summed E-state index contributed by atoms with van der Waals surface area (Å²) >= 11 is 2.33. The molecular formula is C12H17IO. The molecule has 0 aliphatic heterocycles. The summed E-state index contributed by atoms with van der Waals surface area (Å²) in [6, 6.07) is 6.37. The molecule has 0 aromatic heterocycles. The average molecular weight is 304 g/mol. The Hall–Kier alpha value is -0.250. The first-order valence-corrected chi connectivity index (χ1v) is 6.19. The molecule has 0 heterocycles. The first kappa shape index (κ1) is 11.8. The van der Waals surface area contributed by atoms with Crippen LogP contribution in [0.25, 0.3) is 0 Å². The molecule has 1 unspecified atom stereocenters. The molecule has 1 aromatic carbocycles. The normalized spacial score (nSPS) is 12.6. The van der Waals surface area contributed by atoms with E-state index in [2.05, 4.69) is 54.6 Å². The van der Waals surface area contributed by atoms with Gasteiger partial charge in [-0.3, -0.25) is 0 Å². The maximum atomic E-state index is 5.68. The fourth-order valence-corrected chi connectivity index (χ4v) is 2.10. The van der Waals surface area contributed by atoms with Crippen molar-refractivity contribution in [1.82, 2.24) is 0 Å². The fourth-order valence-electron chi connectivity index (χ4n) is 1.43. The lowest BCUT2D eigenvalue weighted by molar-refractivity contribution is 0.332. The third-order valence-corrected chi connectivity index (χ3v) is 3.28. The van der Waals surface area contributed by atoms with Gasteiger partial charge >= 0.3 is 0 Å². The first-order valence-electron chi connectivity index (χ1n) is 5.11. The van der Waals surface area contributed by atoms with Gasteiger partial charge in [0.2, 0.25) is 0 Å².